The lowest BCUT2D eigenvalue weighted by Crippen LogP contribution is -2.30. The fraction of sp³-hybridized carbons (Fsp3) is 0.818. The van der Waals surface area contributed by atoms with Crippen molar-refractivity contribution in [2.45, 2.75) is 38.6 Å². The van der Waals surface area contributed by atoms with E-state index in [0.29, 0.717) is 12.0 Å². The van der Waals surface area contributed by atoms with Gasteiger partial charge in [0.1, 0.15) is 5.82 Å². The summed E-state index contributed by atoms with van der Waals surface area (Å²) >= 11 is 3.52. The average molecular weight is 257 g/mol. The van der Waals surface area contributed by atoms with Crippen molar-refractivity contribution in [1.82, 2.24) is 9.36 Å². The summed E-state index contributed by atoms with van der Waals surface area (Å²) in [7, 11) is 2.12. The number of anilines is 1. The quantitative estimate of drug-likeness (QED) is 0.783. The molecule has 1 aromatic heterocycles. The van der Waals surface area contributed by atoms with Crippen molar-refractivity contribution < 1.29 is 0 Å². The predicted molar refractivity (Wildman–Crippen MR) is 72.7 cm³/mol. The Morgan fingerprint density at radius 2 is 2.31 bits per heavy atom. The first-order valence-electron chi connectivity index (χ1n) is 5.86. The van der Waals surface area contributed by atoms with E-state index in [2.05, 4.69) is 35.2 Å². The molecule has 1 heterocycles. The Labute approximate surface area is 106 Å². The standard InChI is InChI=1S/C11H19N3S2/c1-4-15-7-8(2)14(3)11-12-10(13-16-11)9-5-6-9/h8-9H,4-7H2,1-3H3. The van der Waals surface area contributed by atoms with E-state index in [1.165, 1.54) is 18.6 Å². The zero-order chi connectivity index (χ0) is 11.5. The summed E-state index contributed by atoms with van der Waals surface area (Å²) in [6.07, 6.45) is 2.56. The third kappa shape index (κ3) is 2.88. The lowest BCUT2D eigenvalue weighted by Gasteiger charge is -2.23. The SMILES string of the molecule is CCSCC(C)N(C)c1nc(C2CC2)ns1. The molecule has 0 radical (unpaired) electrons. The number of thioether (sulfide) groups is 1. The molecular weight excluding hydrogens is 238 g/mol. The molecule has 2 rings (SSSR count). The minimum Gasteiger partial charge on any atom is -0.346 e. The minimum atomic E-state index is 0.532. The number of nitrogens with zero attached hydrogens (tertiary/aromatic N) is 3. The van der Waals surface area contributed by atoms with Crippen molar-refractivity contribution in [3.8, 4) is 0 Å². The monoisotopic (exact) mass is 257 g/mol. The molecule has 1 fully saturated rings. The van der Waals surface area contributed by atoms with E-state index in [-0.39, 0.29) is 0 Å². The van der Waals surface area contributed by atoms with Gasteiger partial charge in [-0.2, -0.15) is 16.1 Å². The lowest BCUT2D eigenvalue weighted by molar-refractivity contribution is 0.758. The molecule has 1 aromatic rings. The molecule has 0 bridgehead atoms. The summed E-state index contributed by atoms with van der Waals surface area (Å²) in [6.45, 7) is 4.45. The zero-order valence-corrected chi connectivity index (χ0v) is 11.8. The zero-order valence-electron chi connectivity index (χ0n) is 10.1. The predicted octanol–water partition coefficient (Wildman–Crippen LogP) is 2.99. The number of hydrogen-bond acceptors (Lipinski definition) is 5. The molecule has 90 valence electrons. The fourth-order valence-electron chi connectivity index (χ4n) is 1.47. The maximum atomic E-state index is 4.63. The highest BCUT2D eigenvalue weighted by Crippen LogP contribution is 2.39. The minimum absolute atomic E-state index is 0.532. The normalized spacial score (nSPS) is 17.4. The Morgan fingerprint density at radius 1 is 1.56 bits per heavy atom. The summed E-state index contributed by atoms with van der Waals surface area (Å²) in [4.78, 5) is 6.88. The van der Waals surface area contributed by atoms with E-state index in [0.717, 1.165) is 16.7 Å². The lowest BCUT2D eigenvalue weighted by atomic mass is 10.4. The summed E-state index contributed by atoms with van der Waals surface area (Å²) in [5.41, 5.74) is 0. The Hall–Kier alpha value is -0.290. The van der Waals surface area contributed by atoms with Gasteiger partial charge in [0.25, 0.3) is 0 Å². The highest BCUT2D eigenvalue weighted by atomic mass is 32.2. The van der Waals surface area contributed by atoms with Crippen molar-refractivity contribution in [2.75, 3.05) is 23.5 Å². The van der Waals surface area contributed by atoms with Gasteiger partial charge in [0.2, 0.25) is 5.13 Å². The first kappa shape index (κ1) is 12.2. The van der Waals surface area contributed by atoms with Gasteiger partial charge in [0.05, 0.1) is 0 Å². The van der Waals surface area contributed by atoms with Crippen LogP contribution in [-0.4, -0.2) is 34.0 Å². The second-order valence-electron chi connectivity index (χ2n) is 4.33. The molecule has 1 atom stereocenters. The van der Waals surface area contributed by atoms with Gasteiger partial charge in [-0.25, -0.2) is 4.98 Å². The number of hydrogen-bond donors (Lipinski definition) is 0. The third-order valence-electron chi connectivity index (χ3n) is 2.90. The molecule has 0 aromatic carbocycles. The molecule has 1 saturated carbocycles. The van der Waals surface area contributed by atoms with Crippen molar-refractivity contribution >= 4 is 28.4 Å². The maximum absolute atomic E-state index is 4.63. The van der Waals surface area contributed by atoms with Gasteiger partial charge in [0, 0.05) is 36.3 Å². The molecule has 16 heavy (non-hydrogen) atoms. The summed E-state index contributed by atoms with van der Waals surface area (Å²) in [5.74, 6) is 4.08. The van der Waals surface area contributed by atoms with E-state index in [9.17, 15) is 0 Å². The Bertz CT molecular complexity index is 336. The van der Waals surface area contributed by atoms with Gasteiger partial charge >= 0.3 is 0 Å². The highest BCUT2D eigenvalue weighted by molar-refractivity contribution is 7.99. The largest absolute Gasteiger partial charge is 0.346 e. The van der Waals surface area contributed by atoms with Crippen LogP contribution in [0.25, 0.3) is 0 Å². The van der Waals surface area contributed by atoms with Gasteiger partial charge in [-0.05, 0) is 25.5 Å². The Kier molecular flexibility index (Phi) is 4.08. The molecule has 0 aliphatic heterocycles. The second kappa shape index (κ2) is 5.36. The first-order chi connectivity index (χ1) is 7.72. The van der Waals surface area contributed by atoms with Crippen molar-refractivity contribution in [3.63, 3.8) is 0 Å². The first-order valence-corrected chi connectivity index (χ1v) is 7.79. The van der Waals surface area contributed by atoms with Gasteiger partial charge in [-0.1, -0.05) is 6.92 Å². The molecule has 0 N–H and O–H groups in total. The van der Waals surface area contributed by atoms with E-state index in [1.807, 2.05) is 11.8 Å². The maximum Gasteiger partial charge on any atom is 0.205 e. The Balaban J connectivity index is 1.93. The molecule has 5 heteroatoms. The number of aromatic nitrogens is 2. The molecule has 1 aliphatic rings. The molecule has 0 spiro atoms. The molecule has 0 saturated heterocycles. The molecular formula is C11H19N3S2. The summed E-state index contributed by atoms with van der Waals surface area (Å²) in [6, 6.07) is 0.532. The summed E-state index contributed by atoms with van der Waals surface area (Å²) in [5, 5.41) is 1.08. The van der Waals surface area contributed by atoms with Crippen LogP contribution in [0, 0.1) is 0 Å². The van der Waals surface area contributed by atoms with Crippen LogP contribution in [0.3, 0.4) is 0 Å². The van der Waals surface area contributed by atoms with Crippen LogP contribution < -0.4 is 4.90 Å². The van der Waals surface area contributed by atoms with E-state index < -0.39 is 0 Å². The highest BCUT2D eigenvalue weighted by Gasteiger charge is 2.28. The second-order valence-corrected chi connectivity index (χ2v) is 6.38. The van der Waals surface area contributed by atoms with Gasteiger partial charge in [0.15, 0.2) is 0 Å². The third-order valence-corrected chi connectivity index (χ3v) is 4.85. The molecule has 1 aliphatic carbocycles. The topological polar surface area (TPSA) is 29.0 Å². The van der Waals surface area contributed by atoms with Gasteiger partial charge in [-0.15, -0.1) is 0 Å². The molecule has 0 amide bonds. The van der Waals surface area contributed by atoms with Crippen molar-refractivity contribution in [3.05, 3.63) is 5.82 Å². The van der Waals surface area contributed by atoms with Crippen LogP contribution >= 0.6 is 23.3 Å². The average Bonchev–Trinajstić information content (AvgIpc) is 3.03. The number of rotatable bonds is 6. The van der Waals surface area contributed by atoms with Crippen LogP contribution in [0.15, 0.2) is 0 Å². The van der Waals surface area contributed by atoms with Crippen molar-refractivity contribution in [2.24, 2.45) is 0 Å². The fourth-order valence-corrected chi connectivity index (χ4v) is 3.07. The van der Waals surface area contributed by atoms with E-state index in [1.54, 1.807) is 11.5 Å². The molecule has 1 unspecified atom stereocenters. The van der Waals surface area contributed by atoms with Crippen molar-refractivity contribution in [1.29, 1.82) is 0 Å². The van der Waals surface area contributed by atoms with Crippen LogP contribution in [-0.2, 0) is 0 Å². The van der Waals surface area contributed by atoms with Crippen LogP contribution in [0.5, 0.6) is 0 Å². The summed E-state index contributed by atoms with van der Waals surface area (Å²) < 4.78 is 4.44. The van der Waals surface area contributed by atoms with Crippen LogP contribution in [0.4, 0.5) is 5.13 Å². The Morgan fingerprint density at radius 3 is 2.94 bits per heavy atom. The van der Waals surface area contributed by atoms with Crippen LogP contribution in [0.1, 0.15) is 38.4 Å². The van der Waals surface area contributed by atoms with Gasteiger partial charge < -0.3 is 4.90 Å². The van der Waals surface area contributed by atoms with Crippen LogP contribution in [0.2, 0.25) is 0 Å². The molecule has 3 nitrogen and oxygen atoms in total. The van der Waals surface area contributed by atoms with Gasteiger partial charge in [-0.3, -0.25) is 0 Å². The van der Waals surface area contributed by atoms with E-state index >= 15 is 0 Å². The smallest absolute Gasteiger partial charge is 0.205 e. The van der Waals surface area contributed by atoms with E-state index in [4.69, 9.17) is 0 Å².